The monoisotopic (exact) mass is 410 g/mol. The molecule has 0 bridgehead atoms. The molecule has 0 aliphatic rings. The number of aromatic nitrogens is 2. The Balaban J connectivity index is 3.07. The number of nitrogen functional groups attached to an aromatic ring is 1. The van der Waals surface area contributed by atoms with Crippen LogP contribution in [-0.2, 0) is 10.2 Å². The Labute approximate surface area is 155 Å². The van der Waals surface area contributed by atoms with Crippen molar-refractivity contribution < 1.29 is 14.3 Å². The highest BCUT2D eigenvalue weighted by Gasteiger charge is 2.29. The molecule has 1 aromatic heterocycles. The summed E-state index contributed by atoms with van der Waals surface area (Å²) < 4.78 is 11.6. The molecule has 2 aromatic rings. The molecule has 136 valence electrons. The van der Waals surface area contributed by atoms with Gasteiger partial charge >= 0.3 is 0 Å². The van der Waals surface area contributed by atoms with E-state index in [1.54, 1.807) is 7.05 Å². The van der Waals surface area contributed by atoms with Gasteiger partial charge in [-0.05, 0) is 15.9 Å². The van der Waals surface area contributed by atoms with Gasteiger partial charge in [-0.3, -0.25) is 4.79 Å². The van der Waals surface area contributed by atoms with Crippen molar-refractivity contribution in [3.63, 3.8) is 0 Å². The second-order valence-corrected chi connectivity index (χ2v) is 7.51. The zero-order valence-electron chi connectivity index (χ0n) is 15.5. The normalized spacial score (nSPS) is 11.5. The first-order chi connectivity index (χ1) is 11.5. The maximum absolute atomic E-state index is 12.0. The fraction of sp³-hybridized carbons (Fsp3) is 0.471. The molecule has 0 saturated heterocycles. The summed E-state index contributed by atoms with van der Waals surface area (Å²) in [5, 5.41) is 0.537. The molecule has 0 aliphatic heterocycles. The van der Waals surface area contributed by atoms with Crippen LogP contribution in [0.5, 0.6) is 11.5 Å². The minimum Gasteiger partial charge on any atom is -0.492 e. The third-order valence-electron chi connectivity index (χ3n) is 3.89. The average Bonchev–Trinajstić information content (AvgIpc) is 2.53. The van der Waals surface area contributed by atoms with Crippen molar-refractivity contribution in [2.45, 2.75) is 33.1 Å². The lowest BCUT2D eigenvalue weighted by molar-refractivity contribution is -0.116. The summed E-state index contributed by atoms with van der Waals surface area (Å²) in [6, 6.07) is 0. The van der Waals surface area contributed by atoms with Crippen LogP contribution in [0.3, 0.4) is 0 Å². The summed E-state index contributed by atoms with van der Waals surface area (Å²) in [5.41, 5.74) is 7.02. The van der Waals surface area contributed by atoms with Crippen LogP contribution in [0, 0.1) is 0 Å². The van der Waals surface area contributed by atoms with E-state index in [0.717, 1.165) is 0 Å². The summed E-state index contributed by atoms with van der Waals surface area (Å²) in [6.07, 6.45) is 0. The molecule has 0 atom stereocenters. The van der Waals surface area contributed by atoms with Crippen LogP contribution >= 0.6 is 15.9 Å². The van der Waals surface area contributed by atoms with Crippen LogP contribution in [0.4, 0.5) is 11.5 Å². The number of nitrogens with zero attached hydrogens (tertiary/aromatic N) is 3. The van der Waals surface area contributed by atoms with Gasteiger partial charge in [0.2, 0.25) is 5.91 Å². The van der Waals surface area contributed by atoms with Crippen molar-refractivity contribution in [3.8, 4) is 11.5 Å². The van der Waals surface area contributed by atoms with Gasteiger partial charge in [-0.15, -0.1) is 0 Å². The number of halogens is 1. The van der Waals surface area contributed by atoms with Gasteiger partial charge in [0.05, 0.1) is 29.6 Å². The fourth-order valence-corrected chi connectivity index (χ4v) is 3.11. The van der Waals surface area contributed by atoms with Crippen LogP contribution < -0.4 is 20.1 Å². The van der Waals surface area contributed by atoms with Gasteiger partial charge in [0.1, 0.15) is 17.3 Å². The van der Waals surface area contributed by atoms with Gasteiger partial charge in [-0.25, -0.2) is 9.97 Å². The van der Waals surface area contributed by atoms with E-state index in [9.17, 15) is 4.79 Å². The lowest BCUT2D eigenvalue weighted by atomic mass is 9.95. The Morgan fingerprint density at radius 1 is 1.16 bits per heavy atom. The molecule has 1 amide bonds. The number of methoxy groups -OCH3 is 2. The van der Waals surface area contributed by atoms with Crippen LogP contribution in [0.1, 0.15) is 33.5 Å². The minimum atomic E-state index is -0.290. The molecular formula is C17H23BrN4O3. The molecule has 1 aromatic carbocycles. The molecule has 0 spiro atoms. The second-order valence-electron chi connectivity index (χ2n) is 6.71. The predicted molar refractivity (Wildman–Crippen MR) is 103 cm³/mol. The predicted octanol–water partition coefficient (Wildman–Crippen LogP) is 3.27. The molecule has 8 heteroatoms. The van der Waals surface area contributed by atoms with Gasteiger partial charge in [0, 0.05) is 19.4 Å². The van der Waals surface area contributed by atoms with Crippen LogP contribution in [0.15, 0.2) is 4.47 Å². The van der Waals surface area contributed by atoms with E-state index in [0.29, 0.717) is 38.4 Å². The van der Waals surface area contributed by atoms with Gasteiger partial charge in [-0.2, -0.15) is 0 Å². The highest BCUT2D eigenvalue weighted by atomic mass is 79.9. The fourth-order valence-electron chi connectivity index (χ4n) is 2.48. The zero-order chi connectivity index (χ0) is 19.1. The highest BCUT2D eigenvalue weighted by Crippen LogP contribution is 2.50. The van der Waals surface area contributed by atoms with Crippen molar-refractivity contribution in [3.05, 3.63) is 10.3 Å². The zero-order valence-corrected chi connectivity index (χ0v) is 17.1. The Bertz CT molecular complexity index is 846. The number of hydrogen-bond donors (Lipinski definition) is 1. The number of fused-ring (bicyclic) bond motifs is 1. The summed E-state index contributed by atoms with van der Waals surface area (Å²) in [4.78, 5) is 22.6. The van der Waals surface area contributed by atoms with E-state index in [4.69, 9.17) is 15.2 Å². The molecule has 1 heterocycles. The summed E-state index contributed by atoms with van der Waals surface area (Å²) in [5.74, 6) is 1.53. The molecule has 7 nitrogen and oxygen atoms in total. The Morgan fingerprint density at radius 3 is 2.16 bits per heavy atom. The van der Waals surface area contributed by atoms with Crippen molar-refractivity contribution in [1.29, 1.82) is 0 Å². The average molecular weight is 411 g/mol. The number of hydrogen-bond acceptors (Lipinski definition) is 6. The Hall–Kier alpha value is -2.09. The molecule has 0 fully saturated rings. The molecular weight excluding hydrogens is 388 g/mol. The Morgan fingerprint density at radius 2 is 1.72 bits per heavy atom. The molecule has 0 saturated carbocycles. The molecule has 0 unspecified atom stereocenters. The number of carbonyl (C=O) groups is 1. The topological polar surface area (TPSA) is 90.6 Å². The third-order valence-corrected chi connectivity index (χ3v) is 4.62. The van der Waals surface area contributed by atoms with E-state index in [2.05, 4.69) is 25.9 Å². The Kier molecular flexibility index (Phi) is 5.13. The lowest BCUT2D eigenvalue weighted by Crippen LogP contribution is -2.25. The number of benzene rings is 1. The molecule has 0 radical (unpaired) electrons. The number of nitrogens with two attached hydrogens (primary N) is 1. The van der Waals surface area contributed by atoms with Crippen LogP contribution in [0.25, 0.3) is 10.9 Å². The van der Waals surface area contributed by atoms with Crippen molar-refractivity contribution in [1.82, 2.24) is 9.97 Å². The van der Waals surface area contributed by atoms with Gasteiger partial charge in [0.25, 0.3) is 0 Å². The molecule has 0 aliphatic carbocycles. The maximum atomic E-state index is 12.0. The van der Waals surface area contributed by atoms with Gasteiger partial charge in [-0.1, -0.05) is 20.8 Å². The third kappa shape index (κ3) is 3.22. The van der Waals surface area contributed by atoms with Crippen LogP contribution in [-0.4, -0.2) is 37.1 Å². The van der Waals surface area contributed by atoms with E-state index >= 15 is 0 Å². The summed E-state index contributed by atoms with van der Waals surface area (Å²) in [7, 11) is 4.68. The van der Waals surface area contributed by atoms with E-state index in [-0.39, 0.29) is 17.1 Å². The number of amides is 1. The quantitative estimate of drug-likeness (QED) is 0.834. The van der Waals surface area contributed by atoms with E-state index in [1.165, 1.54) is 26.0 Å². The SMILES string of the molecule is COc1c(OC)c(N(C)C(C)=O)c2c(N)nc(C(C)(C)C)nc2c1Br. The van der Waals surface area contributed by atoms with Gasteiger partial charge in [0.15, 0.2) is 11.5 Å². The van der Waals surface area contributed by atoms with Crippen molar-refractivity contribution in [2.75, 3.05) is 31.9 Å². The van der Waals surface area contributed by atoms with Crippen molar-refractivity contribution >= 4 is 44.2 Å². The minimum absolute atomic E-state index is 0.178. The first kappa shape index (κ1) is 19.2. The summed E-state index contributed by atoms with van der Waals surface area (Å²) in [6.45, 7) is 7.47. The number of anilines is 2. The number of carbonyl (C=O) groups excluding carboxylic acids is 1. The lowest BCUT2D eigenvalue weighted by Gasteiger charge is -2.25. The largest absolute Gasteiger partial charge is 0.492 e. The standard InChI is InChI=1S/C17H23BrN4O3/c1-8(23)22(5)12-9-11(10(18)13(24-6)14(12)25-7)20-16(17(2,3)4)21-15(9)19/h1-7H3,(H2,19,20,21). The second kappa shape index (κ2) is 6.67. The maximum Gasteiger partial charge on any atom is 0.223 e. The van der Waals surface area contributed by atoms with E-state index in [1.807, 2.05) is 20.8 Å². The first-order valence-corrected chi connectivity index (χ1v) is 8.49. The highest BCUT2D eigenvalue weighted by molar-refractivity contribution is 9.10. The smallest absolute Gasteiger partial charge is 0.223 e. The molecule has 25 heavy (non-hydrogen) atoms. The van der Waals surface area contributed by atoms with E-state index < -0.39 is 0 Å². The van der Waals surface area contributed by atoms with Crippen molar-refractivity contribution in [2.24, 2.45) is 0 Å². The molecule has 2 rings (SSSR count). The van der Waals surface area contributed by atoms with Gasteiger partial charge < -0.3 is 20.1 Å². The van der Waals surface area contributed by atoms with Crippen LogP contribution in [0.2, 0.25) is 0 Å². The number of rotatable bonds is 3. The molecule has 2 N–H and O–H groups in total. The summed E-state index contributed by atoms with van der Waals surface area (Å²) >= 11 is 3.53. The number of ether oxygens (including phenoxy) is 2. The first-order valence-electron chi connectivity index (χ1n) is 7.70.